The van der Waals surface area contributed by atoms with Crippen molar-refractivity contribution in [2.24, 2.45) is 0 Å². The Bertz CT molecular complexity index is 413. The molecular weight excluding hydrogens is 272 g/mol. The lowest BCUT2D eigenvalue weighted by Gasteiger charge is -2.33. The molecule has 0 heterocycles. The molecule has 0 aliphatic heterocycles. The molecule has 1 amide bonds. The van der Waals surface area contributed by atoms with Crippen LogP contribution in [-0.2, 0) is 11.2 Å². The van der Waals surface area contributed by atoms with Crippen LogP contribution in [0.5, 0.6) is 0 Å². The number of halogens is 1. The molecule has 0 unspecified atom stereocenters. The highest BCUT2D eigenvalue weighted by Crippen LogP contribution is 2.23. The summed E-state index contributed by atoms with van der Waals surface area (Å²) < 4.78 is 0. The minimum absolute atomic E-state index is 0. The van der Waals surface area contributed by atoms with E-state index >= 15 is 0 Å². The van der Waals surface area contributed by atoms with Crippen molar-refractivity contribution in [3.8, 4) is 0 Å². The summed E-state index contributed by atoms with van der Waals surface area (Å²) in [5, 5.41) is 0. The van der Waals surface area contributed by atoms with Crippen molar-refractivity contribution in [1.82, 2.24) is 4.90 Å². The average Bonchev–Trinajstić information content (AvgIpc) is 2.43. The quantitative estimate of drug-likeness (QED) is 0.866. The molecule has 3 nitrogen and oxygen atoms in total. The third-order valence-corrected chi connectivity index (χ3v) is 4.01. The number of carbonyl (C=O) groups is 1. The Hall–Kier alpha value is -1.22. The van der Waals surface area contributed by atoms with Crippen LogP contribution < -0.4 is 5.73 Å². The Balaban J connectivity index is 0.00000200. The van der Waals surface area contributed by atoms with Gasteiger partial charge in [-0.2, -0.15) is 0 Å². The maximum absolute atomic E-state index is 12.4. The molecule has 0 atom stereocenters. The normalized spacial score (nSPS) is 15.4. The largest absolute Gasteiger partial charge is 0.399 e. The van der Waals surface area contributed by atoms with Crippen molar-refractivity contribution in [2.45, 2.75) is 51.5 Å². The molecule has 1 fully saturated rings. The van der Waals surface area contributed by atoms with Crippen LogP contribution in [0.2, 0.25) is 0 Å². The molecule has 1 saturated carbocycles. The monoisotopic (exact) mass is 296 g/mol. The average molecular weight is 297 g/mol. The van der Waals surface area contributed by atoms with Crippen molar-refractivity contribution >= 4 is 24.0 Å². The van der Waals surface area contributed by atoms with Crippen LogP contribution >= 0.6 is 12.4 Å². The topological polar surface area (TPSA) is 46.3 Å². The fraction of sp³-hybridized carbons (Fsp3) is 0.562. The van der Waals surface area contributed by atoms with E-state index in [0.29, 0.717) is 12.5 Å². The van der Waals surface area contributed by atoms with Crippen LogP contribution in [0.1, 0.15) is 44.6 Å². The van der Waals surface area contributed by atoms with Gasteiger partial charge in [-0.25, -0.2) is 0 Å². The Morgan fingerprint density at radius 1 is 1.20 bits per heavy atom. The Kier molecular flexibility index (Phi) is 6.86. The highest BCUT2D eigenvalue weighted by Gasteiger charge is 2.23. The Morgan fingerprint density at radius 3 is 2.35 bits per heavy atom. The number of nitrogens with two attached hydrogens (primary N) is 1. The Morgan fingerprint density at radius 2 is 1.80 bits per heavy atom. The first kappa shape index (κ1) is 16.8. The van der Waals surface area contributed by atoms with Gasteiger partial charge in [-0.05, 0) is 37.5 Å². The lowest BCUT2D eigenvalue weighted by atomic mass is 9.93. The second-order valence-corrected chi connectivity index (χ2v) is 5.39. The maximum Gasteiger partial charge on any atom is 0.227 e. The lowest BCUT2D eigenvalue weighted by Crippen LogP contribution is -2.42. The molecule has 20 heavy (non-hydrogen) atoms. The van der Waals surface area contributed by atoms with Gasteiger partial charge < -0.3 is 10.6 Å². The summed E-state index contributed by atoms with van der Waals surface area (Å²) in [5.41, 5.74) is 7.46. The number of anilines is 1. The molecule has 0 radical (unpaired) electrons. The number of hydrogen-bond donors (Lipinski definition) is 1. The number of rotatable bonds is 4. The number of nitrogen functional groups attached to an aromatic ring is 1. The van der Waals surface area contributed by atoms with Crippen LogP contribution in [0, 0.1) is 0 Å². The summed E-state index contributed by atoms with van der Waals surface area (Å²) in [7, 11) is 0. The molecule has 0 aromatic heterocycles. The van der Waals surface area contributed by atoms with Gasteiger partial charge in [0.15, 0.2) is 0 Å². The van der Waals surface area contributed by atoms with E-state index in [9.17, 15) is 4.79 Å². The number of likely N-dealkylation sites (N-methyl/N-ethyl adjacent to an activating group) is 1. The molecule has 0 bridgehead atoms. The van der Waals surface area contributed by atoms with Crippen LogP contribution in [0.3, 0.4) is 0 Å². The third-order valence-electron chi connectivity index (χ3n) is 4.01. The van der Waals surface area contributed by atoms with E-state index in [1.165, 1.54) is 32.1 Å². The minimum atomic E-state index is 0. The van der Waals surface area contributed by atoms with Crippen molar-refractivity contribution < 1.29 is 4.79 Å². The number of benzene rings is 1. The SMILES string of the molecule is CCN(C(=O)Cc1ccc(N)cc1)C1CCCCC1.Cl. The number of amides is 1. The van der Waals surface area contributed by atoms with Crippen LogP contribution in [0.15, 0.2) is 24.3 Å². The number of hydrogen-bond acceptors (Lipinski definition) is 2. The zero-order valence-electron chi connectivity index (χ0n) is 12.2. The van der Waals surface area contributed by atoms with E-state index in [-0.39, 0.29) is 18.3 Å². The highest BCUT2D eigenvalue weighted by atomic mass is 35.5. The summed E-state index contributed by atoms with van der Waals surface area (Å²) in [5.74, 6) is 0.249. The van der Waals surface area contributed by atoms with Crippen molar-refractivity contribution in [3.63, 3.8) is 0 Å². The summed E-state index contributed by atoms with van der Waals surface area (Å²) in [4.78, 5) is 14.5. The standard InChI is InChI=1S/C16H24N2O.ClH/c1-2-18(15-6-4-3-5-7-15)16(19)12-13-8-10-14(17)11-9-13;/h8-11,15H,2-7,12,17H2,1H3;1H. The van der Waals surface area contributed by atoms with Crippen LogP contribution in [0.25, 0.3) is 0 Å². The summed E-state index contributed by atoms with van der Waals surface area (Å²) >= 11 is 0. The number of carbonyl (C=O) groups excluding carboxylic acids is 1. The fourth-order valence-electron chi connectivity index (χ4n) is 2.94. The van der Waals surface area contributed by atoms with Gasteiger partial charge in [0.05, 0.1) is 6.42 Å². The van der Waals surface area contributed by atoms with Crippen molar-refractivity contribution in [3.05, 3.63) is 29.8 Å². The van der Waals surface area contributed by atoms with Gasteiger partial charge in [0.2, 0.25) is 5.91 Å². The predicted molar refractivity (Wildman–Crippen MR) is 86.1 cm³/mol. The number of nitrogens with zero attached hydrogens (tertiary/aromatic N) is 1. The molecule has 1 aromatic carbocycles. The molecular formula is C16H25ClN2O. The van der Waals surface area contributed by atoms with Gasteiger partial charge in [0.25, 0.3) is 0 Å². The van der Waals surface area contributed by atoms with Crippen molar-refractivity contribution in [1.29, 1.82) is 0 Å². The first-order chi connectivity index (χ1) is 9.20. The lowest BCUT2D eigenvalue weighted by molar-refractivity contribution is -0.133. The summed E-state index contributed by atoms with van der Waals surface area (Å²) in [6.45, 7) is 2.90. The second-order valence-electron chi connectivity index (χ2n) is 5.39. The smallest absolute Gasteiger partial charge is 0.227 e. The predicted octanol–water partition coefficient (Wildman–Crippen LogP) is 3.41. The summed E-state index contributed by atoms with van der Waals surface area (Å²) in [6, 6.07) is 8.07. The molecule has 4 heteroatoms. The van der Waals surface area contributed by atoms with Crippen LogP contribution in [0.4, 0.5) is 5.69 Å². The first-order valence-electron chi connectivity index (χ1n) is 7.34. The van der Waals surface area contributed by atoms with Gasteiger partial charge >= 0.3 is 0 Å². The molecule has 1 aliphatic rings. The van der Waals surface area contributed by atoms with Gasteiger partial charge in [-0.3, -0.25) is 4.79 Å². The second kappa shape index (κ2) is 8.15. The molecule has 0 spiro atoms. The van der Waals surface area contributed by atoms with E-state index in [1.54, 1.807) is 0 Å². The molecule has 2 N–H and O–H groups in total. The molecule has 112 valence electrons. The van der Waals surface area contributed by atoms with E-state index < -0.39 is 0 Å². The van der Waals surface area contributed by atoms with Gasteiger partial charge in [0, 0.05) is 18.3 Å². The van der Waals surface area contributed by atoms with E-state index in [4.69, 9.17) is 5.73 Å². The van der Waals surface area contributed by atoms with Gasteiger partial charge in [-0.1, -0.05) is 31.4 Å². The summed E-state index contributed by atoms with van der Waals surface area (Å²) in [6.07, 6.45) is 6.67. The van der Waals surface area contributed by atoms with E-state index in [0.717, 1.165) is 17.8 Å². The third kappa shape index (κ3) is 4.41. The molecule has 0 saturated heterocycles. The Labute approximate surface area is 127 Å². The van der Waals surface area contributed by atoms with E-state index in [1.807, 2.05) is 24.3 Å². The minimum Gasteiger partial charge on any atom is -0.399 e. The van der Waals surface area contributed by atoms with Gasteiger partial charge in [-0.15, -0.1) is 12.4 Å². The van der Waals surface area contributed by atoms with Crippen molar-refractivity contribution in [2.75, 3.05) is 12.3 Å². The first-order valence-corrected chi connectivity index (χ1v) is 7.34. The van der Waals surface area contributed by atoms with E-state index in [2.05, 4.69) is 11.8 Å². The highest BCUT2D eigenvalue weighted by molar-refractivity contribution is 5.85. The molecule has 1 aliphatic carbocycles. The van der Waals surface area contributed by atoms with Gasteiger partial charge in [0.1, 0.15) is 0 Å². The fourth-order valence-corrected chi connectivity index (χ4v) is 2.94. The zero-order valence-corrected chi connectivity index (χ0v) is 13.0. The van der Waals surface area contributed by atoms with Crippen LogP contribution in [-0.4, -0.2) is 23.4 Å². The zero-order chi connectivity index (χ0) is 13.7. The molecule has 2 rings (SSSR count). The molecule has 1 aromatic rings. The maximum atomic E-state index is 12.4.